The van der Waals surface area contributed by atoms with Crippen LogP contribution < -0.4 is 0 Å². The SMILES string of the molecule is Cc1ccc2[nH]cc(C(=O)c3cc(Br)ccc3I)c2c1. The summed E-state index contributed by atoms with van der Waals surface area (Å²) in [4.78, 5) is 15.9. The van der Waals surface area contributed by atoms with E-state index >= 15 is 0 Å². The highest BCUT2D eigenvalue weighted by Gasteiger charge is 2.17. The van der Waals surface area contributed by atoms with Gasteiger partial charge in [0, 0.05) is 36.3 Å². The number of carbonyl (C=O) groups is 1. The lowest BCUT2D eigenvalue weighted by molar-refractivity contribution is 0.103. The van der Waals surface area contributed by atoms with Gasteiger partial charge in [-0.15, -0.1) is 0 Å². The molecule has 2 nitrogen and oxygen atoms in total. The molecule has 1 aromatic heterocycles. The van der Waals surface area contributed by atoms with E-state index in [1.807, 2.05) is 43.3 Å². The van der Waals surface area contributed by atoms with Crippen LogP contribution in [-0.4, -0.2) is 10.8 Å². The second kappa shape index (κ2) is 5.33. The Bertz CT molecular complexity index is 822. The fourth-order valence-corrected chi connectivity index (χ4v) is 3.18. The smallest absolute Gasteiger partial charge is 0.196 e. The third kappa shape index (κ3) is 2.42. The fourth-order valence-electron chi connectivity index (χ4n) is 2.24. The predicted octanol–water partition coefficient (Wildman–Crippen LogP) is 5.07. The highest BCUT2D eigenvalue weighted by Crippen LogP contribution is 2.26. The summed E-state index contributed by atoms with van der Waals surface area (Å²) in [7, 11) is 0. The lowest BCUT2D eigenvalue weighted by Crippen LogP contribution is -2.03. The predicted molar refractivity (Wildman–Crippen MR) is 93.3 cm³/mol. The van der Waals surface area contributed by atoms with Crippen LogP contribution >= 0.6 is 38.5 Å². The minimum atomic E-state index is 0.0487. The molecule has 0 aliphatic rings. The molecule has 0 amide bonds. The van der Waals surface area contributed by atoms with Crippen molar-refractivity contribution in [2.24, 2.45) is 0 Å². The zero-order valence-electron chi connectivity index (χ0n) is 10.7. The molecule has 20 heavy (non-hydrogen) atoms. The molecule has 1 N–H and O–H groups in total. The van der Waals surface area contributed by atoms with Crippen molar-refractivity contribution in [1.82, 2.24) is 4.98 Å². The van der Waals surface area contributed by atoms with Crippen molar-refractivity contribution >= 4 is 55.2 Å². The van der Waals surface area contributed by atoms with Gasteiger partial charge >= 0.3 is 0 Å². The normalized spacial score (nSPS) is 10.9. The van der Waals surface area contributed by atoms with Crippen molar-refractivity contribution in [1.29, 1.82) is 0 Å². The summed E-state index contributed by atoms with van der Waals surface area (Å²) in [6.07, 6.45) is 1.80. The number of rotatable bonds is 2. The number of aryl methyl sites for hydroxylation is 1. The third-order valence-corrected chi connectivity index (χ3v) is 4.69. The summed E-state index contributed by atoms with van der Waals surface area (Å²) in [6, 6.07) is 11.8. The molecule has 0 bridgehead atoms. The Hall–Kier alpha value is -1.14. The topological polar surface area (TPSA) is 32.9 Å². The Balaban J connectivity index is 2.17. The quantitative estimate of drug-likeness (QED) is 0.438. The van der Waals surface area contributed by atoms with E-state index < -0.39 is 0 Å². The maximum atomic E-state index is 12.8. The lowest BCUT2D eigenvalue weighted by Gasteiger charge is -2.04. The first-order chi connectivity index (χ1) is 9.56. The highest BCUT2D eigenvalue weighted by molar-refractivity contribution is 14.1. The average Bonchev–Trinajstić information content (AvgIpc) is 2.83. The molecule has 0 radical (unpaired) electrons. The van der Waals surface area contributed by atoms with E-state index in [1.54, 1.807) is 6.20 Å². The monoisotopic (exact) mass is 439 g/mol. The van der Waals surface area contributed by atoms with Gasteiger partial charge in [0.1, 0.15) is 0 Å². The second-order valence-corrected chi connectivity index (χ2v) is 6.78. The molecule has 100 valence electrons. The average molecular weight is 440 g/mol. The molecule has 0 saturated carbocycles. The van der Waals surface area contributed by atoms with Crippen LogP contribution in [0.2, 0.25) is 0 Å². The minimum absolute atomic E-state index is 0.0487. The van der Waals surface area contributed by atoms with Gasteiger partial charge in [-0.05, 0) is 59.8 Å². The van der Waals surface area contributed by atoms with Gasteiger partial charge < -0.3 is 4.98 Å². The zero-order chi connectivity index (χ0) is 14.3. The summed E-state index contributed by atoms with van der Waals surface area (Å²) >= 11 is 5.62. The molecule has 4 heteroatoms. The first-order valence-electron chi connectivity index (χ1n) is 6.14. The molecule has 0 atom stereocenters. The number of halogens is 2. The van der Waals surface area contributed by atoms with E-state index in [9.17, 15) is 4.79 Å². The third-order valence-electron chi connectivity index (χ3n) is 3.25. The molecule has 0 aliphatic heterocycles. The molecule has 0 saturated heterocycles. The number of hydrogen-bond donors (Lipinski definition) is 1. The van der Waals surface area contributed by atoms with Gasteiger partial charge in [-0.2, -0.15) is 0 Å². The molecule has 3 aromatic rings. The summed E-state index contributed by atoms with van der Waals surface area (Å²) in [5.74, 6) is 0.0487. The molecule has 0 fully saturated rings. The van der Waals surface area contributed by atoms with Crippen LogP contribution in [0.4, 0.5) is 0 Å². The van der Waals surface area contributed by atoms with Crippen LogP contribution in [0.5, 0.6) is 0 Å². The van der Waals surface area contributed by atoms with Crippen LogP contribution in [0.25, 0.3) is 10.9 Å². The number of nitrogens with one attached hydrogen (secondary N) is 1. The van der Waals surface area contributed by atoms with E-state index in [0.29, 0.717) is 0 Å². The Kier molecular flexibility index (Phi) is 3.69. The van der Waals surface area contributed by atoms with E-state index in [-0.39, 0.29) is 5.78 Å². The van der Waals surface area contributed by atoms with Crippen LogP contribution in [0.15, 0.2) is 47.1 Å². The van der Waals surface area contributed by atoms with Crippen molar-refractivity contribution in [3.05, 3.63) is 67.3 Å². The second-order valence-electron chi connectivity index (χ2n) is 4.70. The number of hydrogen-bond acceptors (Lipinski definition) is 1. The highest BCUT2D eigenvalue weighted by atomic mass is 127. The Morgan fingerprint density at radius 2 is 1.95 bits per heavy atom. The number of carbonyl (C=O) groups excluding carboxylic acids is 1. The van der Waals surface area contributed by atoms with Crippen LogP contribution in [0.3, 0.4) is 0 Å². The molecular weight excluding hydrogens is 429 g/mol. The Labute approximate surface area is 138 Å². The van der Waals surface area contributed by atoms with Crippen molar-refractivity contribution in [2.45, 2.75) is 6.92 Å². The number of ketones is 1. The molecule has 0 unspecified atom stereocenters. The fraction of sp³-hybridized carbons (Fsp3) is 0.0625. The number of benzene rings is 2. The first-order valence-corrected chi connectivity index (χ1v) is 8.01. The summed E-state index contributed by atoms with van der Waals surface area (Å²) < 4.78 is 1.87. The molecule has 2 aromatic carbocycles. The lowest BCUT2D eigenvalue weighted by atomic mass is 10.0. The van der Waals surface area contributed by atoms with Gasteiger partial charge in [-0.1, -0.05) is 27.6 Å². The van der Waals surface area contributed by atoms with Gasteiger partial charge in [0.05, 0.1) is 0 Å². The summed E-state index contributed by atoms with van der Waals surface area (Å²) in [6.45, 7) is 2.03. The van der Waals surface area contributed by atoms with Crippen molar-refractivity contribution in [3.8, 4) is 0 Å². The van der Waals surface area contributed by atoms with Gasteiger partial charge in [0.25, 0.3) is 0 Å². The first kappa shape index (κ1) is 13.8. The van der Waals surface area contributed by atoms with E-state index in [2.05, 4.69) is 43.5 Å². The van der Waals surface area contributed by atoms with Crippen molar-refractivity contribution in [2.75, 3.05) is 0 Å². The zero-order valence-corrected chi connectivity index (χ0v) is 14.4. The summed E-state index contributed by atoms with van der Waals surface area (Å²) in [5.41, 5.74) is 3.58. The van der Waals surface area contributed by atoms with E-state index in [4.69, 9.17) is 0 Å². The largest absolute Gasteiger partial charge is 0.360 e. The Morgan fingerprint density at radius 3 is 2.75 bits per heavy atom. The molecule has 3 rings (SSSR count). The maximum absolute atomic E-state index is 12.8. The standard InChI is InChI=1S/C16H11BrINO/c1-9-2-5-15-11(6-9)13(8-19-15)16(20)12-7-10(17)3-4-14(12)18/h2-8,19H,1H3. The van der Waals surface area contributed by atoms with Gasteiger partial charge in [-0.3, -0.25) is 4.79 Å². The van der Waals surface area contributed by atoms with Crippen LogP contribution in [0, 0.1) is 10.5 Å². The number of aromatic amines is 1. The molecule has 0 aliphatic carbocycles. The molecule has 1 heterocycles. The van der Waals surface area contributed by atoms with Crippen LogP contribution in [-0.2, 0) is 0 Å². The maximum Gasteiger partial charge on any atom is 0.196 e. The van der Waals surface area contributed by atoms with Gasteiger partial charge in [0.15, 0.2) is 5.78 Å². The van der Waals surface area contributed by atoms with Gasteiger partial charge in [0.2, 0.25) is 0 Å². The van der Waals surface area contributed by atoms with Crippen LogP contribution in [0.1, 0.15) is 21.5 Å². The number of aromatic nitrogens is 1. The van der Waals surface area contributed by atoms with Gasteiger partial charge in [-0.25, -0.2) is 0 Å². The summed E-state index contributed by atoms with van der Waals surface area (Å²) in [5, 5.41) is 0.978. The minimum Gasteiger partial charge on any atom is -0.360 e. The van der Waals surface area contributed by atoms with Crippen molar-refractivity contribution < 1.29 is 4.79 Å². The molecular formula is C16H11BrINO. The van der Waals surface area contributed by atoms with E-state index in [1.165, 1.54) is 0 Å². The number of H-pyrrole nitrogens is 1. The van der Waals surface area contributed by atoms with E-state index in [0.717, 1.165) is 35.6 Å². The Morgan fingerprint density at radius 1 is 1.15 bits per heavy atom. The number of fused-ring (bicyclic) bond motifs is 1. The van der Waals surface area contributed by atoms with Crippen molar-refractivity contribution in [3.63, 3.8) is 0 Å². The molecule has 0 spiro atoms.